The number of imide groups is 1. The number of ether oxygens (including phenoxy) is 1. The molecule has 6 amide bonds. The van der Waals surface area contributed by atoms with E-state index in [0.717, 1.165) is 24.3 Å². The number of hydrogen-bond acceptors (Lipinski definition) is 14. The molecule has 9 atom stereocenters. The Morgan fingerprint density at radius 3 is 2.36 bits per heavy atom. The molecule has 5 rings (SSSR count). The summed E-state index contributed by atoms with van der Waals surface area (Å²) >= 11 is 1.14. The highest BCUT2D eigenvalue weighted by molar-refractivity contribution is 7.09. The first kappa shape index (κ1) is 61.0. The largest absolute Gasteiger partial charge is 0.481 e. The van der Waals surface area contributed by atoms with Gasteiger partial charge in [0.1, 0.15) is 22.5 Å². The Kier molecular flexibility index (Phi) is 23.3. The zero-order chi connectivity index (χ0) is 55.8. The maximum absolute atomic E-state index is 14.6. The number of likely N-dealkylation sites (tertiary alicyclic amines) is 1. The van der Waals surface area contributed by atoms with Crippen molar-refractivity contribution in [1.82, 2.24) is 30.3 Å². The fourth-order valence-corrected chi connectivity index (χ4v) is 11.4. The number of carboxylic acid groups (broad SMARTS) is 1. The second-order valence-corrected chi connectivity index (χ2v) is 22.3. The highest BCUT2D eigenvalue weighted by Gasteiger charge is 2.40. The molecule has 0 saturated carbocycles. The third-order valence-corrected chi connectivity index (χ3v) is 16.2. The standard InChI is InChI=1S/C56H82N8O11S/c1-9-35(6)50(61-53(71)46-26-34(5)22-25-62(46)8)55(72)63(10-2)45(33(3)4)31-47(75-36(7)65)54-60-44(32-76-54)52(70)59-40-27-37-18-19-39(29-42(37)43(30-40)56(73)74)58-51(69)38(16-13-14-23-57)28-41(66)17-12-11-15-24-64-48(67)20-21-49(64)68/h18-21,29,32-35,38,40,43,45-47,50H,9-17,22-28,30-31,57H2,1-8H3,(H,58,69)(H,59,70)(H,61,71)(H,73,74)/t34-,35+,38-,40+,43-,45?,46-,47-,50+/m1/s1. The smallest absolute Gasteiger partial charge is 0.311 e. The van der Waals surface area contributed by atoms with E-state index in [2.05, 4.69) is 27.9 Å². The van der Waals surface area contributed by atoms with Gasteiger partial charge in [-0.05, 0) is 119 Å². The van der Waals surface area contributed by atoms with Gasteiger partial charge in [-0.1, -0.05) is 59.9 Å². The zero-order valence-electron chi connectivity index (χ0n) is 45.8. The number of carboxylic acids is 1. The highest BCUT2D eigenvalue weighted by Crippen LogP contribution is 2.36. The summed E-state index contributed by atoms with van der Waals surface area (Å²) < 4.78 is 5.87. The molecule has 1 aromatic heterocycles. The van der Waals surface area contributed by atoms with Crippen LogP contribution in [0.1, 0.15) is 171 Å². The van der Waals surface area contributed by atoms with Crippen molar-refractivity contribution >= 4 is 70.2 Å². The number of thiazole rings is 1. The summed E-state index contributed by atoms with van der Waals surface area (Å²) in [6.45, 7) is 15.1. The van der Waals surface area contributed by atoms with E-state index in [1.54, 1.807) is 28.5 Å². The van der Waals surface area contributed by atoms with Crippen LogP contribution in [-0.2, 0) is 49.5 Å². The number of anilines is 1. The van der Waals surface area contributed by atoms with Gasteiger partial charge in [0.2, 0.25) is 17.7 Å². The minimum Gasteiger partial charge on any atom is -0.481 e. The van der Waals surface area contributed by atoms with Crippen molar-refractivity contribution in [2.24, 2.45) is 29.4 Å². The average Bonchev–Trinajstić information content (AvgIpc) is 4.00. The van der Waals surface area contributed by atoms with Gasteiger partial charge in [-0.15, -0.1) is 11.3 Å². The van der Waals surface area contributed by atoms with Crippen LogP contribution in [0.25, 0.3) is 0 Å². The molecular weight excluding hydrogens is 993 g/mol. The summed E-state index contributed by atoms with van der Waals surface area (Å²) in [5, 5.41) is 21.4. The first-order valence-corrected chi connectivity index (χ1v) is 28.2. The van der Waals surface area contributed by atoms with E-state index in [4.69, 9.17) is 10.5 Å². The zero-order valence-corrected chi connectivity index (χ0v) is 46.6. The molecule has 1 aromatic carbocycles. The number of benzene rings is 1. The number of esters is 1. The van der Waals surface area contributed by atoms with E-state index in [9.17, 15) is 48.3 Å². The van der Waals surface area contributed by atoms with Crippen molar-refractivity contribution in [3.63, 3.8) is 0 Å². The number of carbonyl (C=O) groups is 9. The van der Waals surface area contributed by atoms with Crippen LogP contribution in [-0.4, -0.2) is 135 Å². The normalized spacial score (nSPS) is 20.5. The van der Waals surface area contributed by atoms with Crippen LogP contribution >= 0.6 is 11.3 Å². The topological polar surface area (TPSA) is 268 Å². The Labute approximate surface area is 451 Å². The molecule has 0 spiro atoms. The number of ketones is 1. The Hall–Kier alpha value is -5.86. The number of aliphatic carboxylic acids is 1. The molecule has 418 valence electrons. The van der Waals surface area contributed by atoms with Crippen molar-refractivity contribution in [3.05, 3.63) is 57.6 Å². The Morgan fingerprint density at radius 1 is 0.987 bits per heavy atom. The SMILES string of the molecule is CC[C@H](C)[C@H](NC(=O)[C@H]1C[C@H](C)CCN1C)C(=O)N(CC)C(C[C@@H](OC(C)=O)c1nc(C(=O)N[C@H]2Cc3ccc(NC(=O)[C@H](CCCCN)CC(=O)CCCCCN4C(=O)C=CC4=O)cc3[C@H](C(=O)O)C2)cs1)C(C)C. The fourth-order valence-electron chi connectivity index (χ4n) is 10.6. The van der Waals surface area contributed by atoms with Gasteiger partial charge in [0.05, 0.1) is 12.0 Å². The molecule has 1 fully saturated rings. The van der Waals surface area contributed by atoms with Gasteiger partial charge in [-0.25, -0.2) is 4.98 Å². The minimum absolute atomic E-state index is 0.0223. The molecular formula is C56H82N8O11S. The molecule has 0 radical (unpaired) electrons. The number of aromatic nitrogens is 1. The summed E-state index contributed by atoms with van der Waals surface area (Å²) in [5.74, 6) is -5.24. The predicted octanol–water partition coefficient (Wildman–Crippen LogP) is 6.31. The maximum atomic E-state index is 14.6. The average molecular weight is 1080 g/mol. The van der Waals surface area contributed by atoms with Crippen LogP contribution in [0.5, 0.6) is 0 Å². The van der Waals surface area contributed by atoms with E-state index in [-0.39, 0.29) is 91.1 Å². The lowest BCUT2D eigenvalue weighted by molar-refractivity contribution is -0.150. The lowest BCUT2D eigenvalue weighted by Crippen LogP contribution is -2.59. The number of nitrogens with one attached hydrogen (secondary N) is 3. The summed E-state index contributed by atoms with van der Waals surface area (Å²) in [7, 11) is 1.94. The summed E-state index contributed by atoms with van der Waals surface area (Å²) in [4.78, 5) is 128. The first-order valence-electron chi connectivity index (χ1n) is 27.3. The van der Waals surface area contributed by atoms with Crippen molar-refractivity contribution in [2.75, 3.05) is 38.5 Å². The van der Waals surface area contributed by atoms with Crippen molar-refractivity contribution in [3.8, 4) is 0 Å². The number of Topliss-reactive ketones (excluding diaryl/α,β-unsaturated/α-hetero) is 1. The number of carbonyl (C=O) groups excluding carboxylic acids is 8. The highest BCUT2D eigenvalue weighted by atomic mass is 32.1. The Morgan fingerprint density at radius 2 is 1.71 bits per heavy atom. The Balaban J connectivity index is 1.23. The number of unbranched alkanes of at least 4 members (excludes halogenated alkanes) is 3. The molecule has 0 bridgehead atoms. The quantitative estimate of drug-likeness (QED) is 0.0340. The number of nitrogens with two attached hydrogens (primary N) is 1. The predicted molar refractivity (Wildman–Crippen MR) is 289 cm³/mol. The number of amides is 6. The lowest BCUT2D eigenvalue weighted by atomic mass is 9.79. The van der Waals surface area contributed by atoms with Crippen molar-refractivity contribution in [2.45, 2.75) is 175 Å². The summed E-state index contributed by atoms with van der Waals surface area (Å²) in [6, 6.07) is 2.92. The number of hydrogen-bond donors (Lipinski definition) is 5. The van der Waals surface area contributed by atoms with Crippen LogP contribution in [0.3, 0.4) is 0 Å². The van der Waals surface area contributed by atoms with Gasteiger partial charge in [-0.2, -0.15) is 0 Å². The molecule has 1 unspecified atom stereocenters. The lowest BCUT2D eigenvalue weighted by Gasteiger charge is -2.40. The monoisotopic (exact) mass is 1070 g/mol. The Bertz CT molecular complexity index is 2410. The van der Waals surface area contributed by atoms with E-state index < -0.39 is 53.9 Å². The molecule has 1 aliphatic carbocycles. The third kappa shape index (κ3) is 16.8. The molecule has 3 aliphatic rings. The maximum Gasteiger partial charge on any atom is 0.311 e. The van der Waals surface area contributed by atoms with Gasteiger partial charge in [0.15, 0.2) is 6.10 Å². The van der Waals surface area contributed by atoms with Crippen LogP contribution in [0, 0.1) is 23.7 Å². The van der Waals surface area contributed by atoms with Gasteiger partial charge in [0, 0.05) is 80.5 Å². The van der Waals surface area contributed by atoms with Crippen molar-refractivity contribution in [1.29, 1.82) is 0 Å². The number of piperidine rings is 1. The van der Waals surface area contributed by atoms with Gasteiger partial charge < -0.3 is 36.4 Å². The number of likely N-dealkylation sites (N-methyl/N-ethyl adjacent to an activating group) is 2. The molecule has 6 N–H and O–H groups in total. The minimum atomic E-state index is -1.10. The molecule has 2 aromatic rings. The molecule has 19 nitrogen and oxygen atoms in total. The van der Waals surface area contributed by atoms with Gasteiger partial charge >= 0.3 is 11.9 Å². The number of nitrogens with zero attached hydrogens (tertiary/aromatic N) is 4. The van der Waals surface area contributed by atoms with Crippen molar-refractivity contribution < 1.29 is 53.0 Å². The summed E-state index contributed by atoms with van der Waals surface area (Å²) in [6.07, 6.45) is 8.24. The molecule has 1 saturated heterocycles. The van der Waals surface area contributed by atoms with Gasteiger partial charge in [0.25, 0.3) is 17.7 Å². The van der Waals surface area contributed by atoms with E-state index >= 15 is 0 Å². The first-order chi connectivity index (χ1) is 36.1. The molecule has 76 heavy (non-hydrogen) atoms. The van der Waals surface area contributed by atoms with E-state index in [1.165, 1.54) is 24.0 Å². The second kappa shape index (κ2) is 29.0. The molecule has 3 heterocycles. The second-order valence-electron chi connectivity index (χ2n) is 21.4. The number of fused-ring (bicyclic) bond motifs is 1. The van der Waals surface area contributed by atoms with Crippen LogP contribution < -0.4 is 21.7 Å². The summed E-state index contributed by atoms with van der Waals surface area (Å²) in [5.41, 5.74) is 7.36. The molecule has 2 aliphatic heterocycles. The number of rotatable bonds is 29. The third-order valence-electron chi connectivity index (χ3n) is 15.3. The van der Waals surface area contributed by atoms with Crippen LogP contribution in [0.2, 0.25) is 0 Å². The molecule has 20 heteroatoms. The van der Waals surface area contributed by atoms with E-state index in [1.807, 2.05) is 46.6 Å². The van der Waals surface area contributed by atoms with Gasteiger partial charge in [-0.3, -0.25) is 53.0 Å². The van der Waals surface area contributed by atoms with E-state index in [0.29, 0.717) is 98.6 Å². The van der Waals surface area contributed by atoms with Crippen LogP contribution in [0.15, 0.2) is 35.7 Å². The fraction of sp³-hybridized carbons (Fsp3) is 0.643. The van der Waals surface area contributed by atoms with Crippen LogP contribution in [0.4, 0.5) is 5.69 Å².